The lowest BCUT2D eigenvalue weighted by Crippen LogP contribution is -2.57. The summed E-state index contributed by atoms with van der Waals surface area (Å²) in [6.45, 7) is 4.67. The van der Waals surface area contributed by atoms with Crippen molar-refractivity contribution in [3.8, 4) is 0 Å². The lowest BCUT2D eigenvalue weighted by Gasteiger charge is -2.40. The van der Waals surface area contributed by atoms with Gasteiger partial charge in [-0.15, -0.1) is 0 Å². The molecule has 0 bridgehead atoms. The second-order valence-electron chi connectivity index (χ2n) is 4.03. The quantitative estimate of drug-likeness (QED) is 0.663. The maximum Gasteiger partial charge on any atom is 0.0661 e. The molecule has 1 aliphatic rings. The highest BCUT2D eigenvalue weighted by molar-refractivity contribution is 5.02. The Morgan fingerprint density at radius 2 is 2.15 bits per heavy atom. The molecule has 1 atom stereocenters. The molecule has 13 heavy (non-hydrogen) atoms. The number of rotatable bonds is 6. The van der Waals surface area contributed by atoms with Crippen molar-refractivity contribution >= 4 is 0 Å². The first-order valence-electron chi connectivity index (χ1n) is 5.11. The zero-order valence-corrected chi connectivity index (χ0v) is 9.05. The molecule has 1 saturated carbocycles. The maximum atomic E-state index is 5.89. The summed E-state index contributed by atoms with van der Waals surface area (Å²) >= 11 is 0. The van der Waals surface area contributed by atoms with E-state index >= 15 is 0 Å². The fourth-order valence-electron chi connectivity index (χ4n) is 2.11. The molecule has 0 aliphatic heterocycles. The Balaban J connectivity index is 2.68. The molecule has 0 saturated heterocycles. The van der Waals surface area contributed by atoms with Crippen molar-refractivity contribution in [2.75, 3.05) is 33.9 Å². The Bertz CT molecular complexity index is 159. The smallest absolute Gasteiger partial charge is 0.0661 e. The first kappa shape index (κ1) is 11.0. The molecule has 0 aromatic heterocycles. The van der Waals surface area contributed by atoms with Crippen molar-refractivity contribution < 1.29 is 4.74 Å². The SMILES string of the molecule is CCN(C)C(CN)(COC)C1CC1. The van der Waals surface area contributed by atoms with Crippen molar-refractivity contribution in [2.24, 2.45) is 11.7 Å². The summed E-state index contributed by atoms with van der Waals surface area (Å²) in [6, 6.07) is 0. The maximum absolute atomic E-state index is 5.89. The molecule has 0 spiro atoms. The molecular formula is C10H22N2O. The third-order valence-corrected chi connectivity index (χ3v) is 3.32. The summed E-state index contributed by atoms with van der Waals surface area (Å²) in [6.07, 6.45) is 2.62. The summed E-state index contributed by atoms with van der Waals surface area (Å²) in [5, 5.41) is 0. The summed E-state index contributed by atoms with van der Waals surface area (Å²) in [5.41, 5.74) is 5.99. The lowest BCUT2D eigenvalue weighted by atomic mass is 9.92. The standard InChI is InChI=1S/C10H22N2O/c1-4-12(2)10(7-11,8-13-3)9-5-6-9/h9H,4-8,11H2,1-3H3. The predicted octanol–water partition coefficient (Wildman–Crippen LogP) is 0.692. The number of ether oxygens (including phenoxy) is 1. The van der Waals surface area contributed by atoms with Crippen molar-refractivity contribution in [3.05, 3.63) is 0 Å². The van der Waals surface area contributed by atoms with E-state index in [9.17, 15) is 0 Å². The van der Waals surface area contributed by atoms with Crippen molar-refractivity contribution in [2.45, 2.75) is 25.3 Å². The summed E-state index contributed by atoms with van der Waals surface area (Å²) < 4.78 is 5.30. The highest BCUT2D eigenvalue weighted by atomic mass is 16.5. The average molecular weight is 186 g/mol. The van der Waals surface area contributed by atoms with Crippen molar-refractivity contribution in [1.82, 2.24) is 4.90 Å². The first-order valence-corrected chi connectivity index (χ1v) is 5.11. The zero-order valence-electron chi connectivity index (χ0n) is 9.05. The van der Waals surface area contributed by atoms with Crippen LogP contribution in [0, 0.1) is 5.92 Å². The molecule has 1 aliphatic carbocycles. The Hall–Kier alpha value is -0.120. The van der Waals surface area contributed by atoms with Crippen LogP contribution in [0.15, 0.2) is 0 Å². The number of hydrogen-bond acceptors (Lipinski definition) is 3. The Morgan fingerprint density at radius 1 is 1.54 bits per heavy atom. The van der Waals surface area contributed by atoms with Crippen LogP contribution >= 0.6 is 0 Å². The Morgan fingerprint density at radius 3 is 2.46 bits per heavy atom. The van der Waals surface area contributed by atoms with Gasteiger partial charge in [-0.25, -0.2) is 0 Å². The van der Waals surface area contributed by atoms with E-state index in [0.29, 0.717) is 6.54 Å². The van der Waals surface area contributed by atoms with E-state index in [-0.39, 0.29) is 5.54 Å². The minimum Gasteiger partial charge on any atom is -0.383 e. The lowest BCUT2D eigenvalue weighted by molar-refractivity contribution is 0.0181. The van der Waals surface area contributed by atoms with Gasteiger partial charge in [-0.05, 0) is 32.4 Å². The Kier molecular flexibility index (Phi) is 3.71. The van der Waals surface area contributed by atoms with E-state index in [1.165, 1.54) is 12.8 Å². The summed E-state index contributed by atoms with van der Waals surface area (Å²) in [7, 11) is 3.90. The van der Waals surface area contributed by atoms with E-state index in [0.717, 1.165) is 19.1 Å². The normalized spacial score (nSPS) is 21.9. The number of likely N-dealkylation sites (N-methyl/N-ethyl adjacent to an activating group) is 1. The molecule has 3 nitrogen and oxygen atoms in total. The number of hydrogen-bond donors (Lipinski definition) is 1. The molecule has 0 heterocycles. The van der Waals surface area contributed by atoms with Crippen LogP contribution < -0.4 is 5.73 Å². The van der Waals surface area contributed by atoms with Gasteiger partial charge in [-0.3, -0.25) is 4.90 Å². The minimum absolute atomic E-state index is 0.101. The van der Waals surface area contributed by atoms with E-state index in [1.54, 1.807) is 7.11 Å². The first-order chi connectivity index (χ1) is 6.21. The van der Waals surface area contributed by atoms with E-state index in [2.05, 4.69) is 18.9 Å². The van der Waals surface area contributed by atoms with E-state index in [1.807, 2.05) is 0 Å². The van der Waals surface area contributed by atoms with Crippen LogP contribution in [0.3, 0.4) is 0 Å². The molecule has 3 heteroatoms. The fourth-order valence-corrected chi connectivity index (χ4v) is 2.11. The highest BCUT2D eigenvalue weighted by Crippen LogP contribution is 2.42. The number of nitrogens with two attached hydrogens (primary N) is 1. The van der Waals surface area contributed by atoms with Crippen LogP contribution in [-0.2, 0) is 4.74 Å². The molecule has 78 valence electrons. The van der Waals surface area contributed by atoms with Crippen LogP contribution in [0.4, 0.5) is 0 Å². The molecule has 0 aromatic carbocycles. The molecule has 2 N–H and O–H groups in total. The minimum atomic E-state index is 0.101. The predicted molar refractivity (Wildman–Crippen MR) is 54.7 cm³/mol. The van der Waals surface area contributed by atoms with Gasteiger partial charge in [-0.1, -0.05) is 6.92 Å². The molecule has 0 aromatic rings. The molecule has 1 rings (SSSR count). The molecule has 0 amide bonds. The van der Waals surface area contributed by atoms with Gasteiger partial charge in [0.05, 0.1) is 12.1 Å². The van der Waals surface area contributed by atoms with Crippen LogP contribution in [0.1, 0.15) is 19.8 Å². The molecule has 0 radical (unpaired) electrons. The summed E-state index contributed by atoms with van der Waals surface area (Å²) in [5.74, 6) is 0.752. The van der Waals surface area contributed by atoms with Gasteiger partial charge in [0.2, 0.25) is 0 Å². The summed E-state index contributed by atoms with van der Waals surface area (Å²) in [4.78, 5) is 2.34. The Labute approximate surface area is 81.2 Å². The van der Waals surface area contributed by atoms with Crippen LogP contribution in [0.5, 0.6) is 0 Å². The second-order valence-corrected chi connectivity index (χ2v) is 4.03. The monoisotopic (exact) mass is 186 g/mol. The van der Waals surface area contributed by atoms with Gasteiger partial charge in [-0.2, -0.15) is 0 Å². The molecule has 1 fully saturated rings. The zero-order chi connectivity index (χ0) is 9.90. The second kappa shape index (κ2) is 4.40. The van der Waals surface area contributed by atoms with Crippen LogP contribution in [-0.4, -0.2) is 44.3 Å². The van der Waals surface area contributed by atoms with Gasteiger partial charge in [0.1, 0.15) is 0 Å². The topological polar surface area (TPSA) is 38.5 Å². The van der Waals surface area contributed by atoms with Crippen LogP contribution in [0.25, 0.3) is 0 Å². The third-order valence-electron chi connectivity index (χ3n) is 3.32. The van der Waals surface area contributed by atoms with Crippen molar-refractivity contribution in [1.29, 1.82) is 0 Å². The number of nitrogens with zero attached hydrogens (tertiary/aromatic N) is 1. The van der Waals surface area contributed by atoms with Gasteiger partial charge in [0.15, 0.2) is 0 Å². The highest BCUT2D eigenvalue weighted by Gasteiger charge is 2.46. The third kappa shape index (κ3) is 2.03. The van der Waals surface area contributed by atoms with Gasteiger partial charge >= 0.3 is 0 Å². The van der Waals surface area contributed by atoms with Gasteiger partial charge in [0, 0.05) is 13.7 Å². The molecule has 1 unspecified atom stereocenters. The van der Waals surface area contributed by atoms with Gasteiger partial charge in [0.25, 0.3) is 0 Å². The largest absolute Gasteiger partial charge is 0.383 e. The molecular weight excluding hydrogens is 164 g/mol. The average Bonchev–Trinajstić information content (AvgIpc) is 2.96. The van der Waals surface area contributed by atoms with Crippen molar-refractivity contribution in [3.63, 3.8) is 0 Å². The van der Waals surface area contributed by atoms with Crippen LogP contribution in [0.2, 0.25) is 0 Å². The van der Waals surface area contributed by atoms with E-state index in [4.69, 9.17) is 10.5 Å². The van der Waals surface area contributed by atoms with Gasteiger partial charge < -0.3 is 10.5 Å². The number of methoxy groups -OCH3 is 1. The van der Waals surface area contributed by atoms with E-state index < -0.39 is 0 Å². The fraction of sp³-hybridized carbons (Fsp3) is 1.00.